The van der Waals surface area contributed by atoms with Gasteiger partial charge in [-0.2, -0.15) is 0 Å². The maximum absolute atomic E-state index is 13.6. The molecule has 168 valence electrons. The molecule has 0 bridgehead atoms. The van der Waals surface area contributed by atoms with Crippen LogP contribution >= 0.6 is 11.6 Å². The number of methoxy groups -OCH3 is 2. The van der Waals surface area contributed by atoms with E-state index in [1.165, 1.54) is 12.0 Å². The highest BCUT2D eigenvalue weighted by Gasteiger charge is 2.40. The first kappa shape index (κ1) is 22.4. The van der Waals surface area contributed by atoms with Crippen LogP contribution in [0.1, 0.15) is 16.7 Å². The monoisotopic (exact) mass is 462 g/mol. The highest BCUT2D eigenvalue weighted by Crippen LogP contribution is 2.36. The number of hydrogen-bond acceptors (Lipinski definition) is 5. The summed E-state index contributed by atoms with van der Waals surface area (Å²) in [5.74, 6) is 0.208. The average Bonchev–Trinajstić information content (AvgIpc) is 3.03. The van der Waals surface area contributed by atoms with Crippen LogP contribution in [0.25, 0.3) is 5.57 Å². The van der Waals surface area contributed by atoms with Crippen molar-refractivity contribution in [1.29, 1.82) is 0 Å². The minimum Gasteiger partial charge on any atom is -0.493 e. The van der Waals surface area contributed by atoms with Crippen LogP contribution in [0.3, 0.4) is 0 Å². The summed E-state index contributed by atoms with van der Waals surface area (Å²) in [6.45, 7) is 3.86. The molecule has 4 rings (SSSR count). The van der Waals surface area contributed by atoms with Gasteiger partial charge in [-0.15, -0.1) is 0 Å². The standard InChI is InChI=1S/C26H23ClN2O4/c1-15-11-16(2)13-20(12-15)29-25(30)23(17-5-7-18(27)8-6-17)24(26(29)31)28-19-9-10-21(32-3)22(14-19)33-4/h5-14,28H,1-4H3. The Morgan fingerprint density at radius 2 is 1.42 bits per heavy atom. The van der Waals surface area contributed by atoms with Crippen molar-refractivity contribution in [2.45, 2.75) is 13.8 Å². The van der Waals surface area contributed by atoms with Crippen LogP contribution in [0.5, 0.6) is 11.5 Å². The highest BCUT2D eigenvalue weighted by atomic mass is 35.5. The third kappa shape index (κ3) is 4.30. The molecule has 1 aliphatic heterocycles. The van der Waals surface area contributed by atoms with E-state index in [1.807, 2.05) is 32.0 Å². The zero-order valence-electron chi connectivity index (χ0n) is 18.7. The van der Waals surface area contributed by atoms with Gasteiger partial charge >= 0.3 is 0 Å². The van der Waals surface area contributed by atoms with Crippen molar-refractivity contribution in [3.05, 3.63) is 88.1 Å². The molecule has 0 saturated heterocycles. The van der Waals surface area contributed by atoms with Crippen LogP contribution in [0.15, 0.2) is 66.4 Å². The Balaban J connectivity index is 1.83. The summed E-state index contributed by atoms with van der Waals surface area (Å²) < 4.78 is 10.7. The Hall–Kier alpha value is -3.77. The first-order chi connectivity index (χ1) is 15.8. The third-order valence-corrected chi connectivity index (χ3v) is 5.59. The Morgan fingerprint density at radius 1 is 0.788 bits per heavy atom. The molecule has 0 unspecified atom stereocenters. The Kier molecular flexibility index (Phi) is 6.11. The van der Waals surface area contributed by atoms with E-state index in [1.54, 1.807) is 49.6 Å². The van der Waals surface area contributed by atoms with Crippen LogP contribution in [-0.4, -0.2) is 26.0 Å². The molecule has 1 heterocycles. The van der Waals surface area contributed by atoms with Crippen molar-refractivity contribution >= 4 is 40.4 Å². The fourth-order valence-electron chi connectivity index (χ4n) is 3.90. The largest absolute Gasteiger partial charge is 0.493 e. The van der Waals surface area contributed by atoms with Gasteiger partial charge < -0.3 is 14.8 Å². The predicted molar refractivity (Wildman–Crippen MR) is 130 cm³/mol. The SMILES string of the molecule is COc1ccc(NC2=C(c3ccc(Cl)cc3)C(=O)N(c3cc(C)cc(C)c3)C2=O)cc1OC. The lowest BCUT2D eigenvalue weighted by molar-refractivity contribution is -0.120. The van der Waals surface area contributed by atoms with E-state index in [2.05, 4.69) is 5.32 Å². The lowest BCUT2D eigenvalue weighted by Crippen LogP contribution is -2.32. The van der Waals surface area contributed by atoms with Crippen LogP contribution in [0.4, 0.5) is 11.4 Å². The van der Waals surface area contributed by atoms with E-state index >= 15 is 0 Å². The molecule has 33 heavy (non-hydrogen) atoms. The summed E-state index contributed by atoms with van der Waals surface area (Å²) in [6, 6.07) is 17.7. The number of carbonyl (C=O) groups is 2. The van der Waals surface area contributed by atoms with Gasteiger partial charge in [0.1, 0.15) is 5.70 Å². The normalized spacial score (nSPS) is 13.5. The number of ether oxygens (including phenoxy) is 2. The summed E-state index contributed by atoms with van der Waals surface area (Å²) in [5, 5.41) is 3.68. The minimum atomic E-state index is -0.440. The van der Waals surface area contributed by atoms with Gasteiger partial charge in [-0.05, 0) is 66.9 Å². The Bertz CT molecular complexity index is 1260. The first-order valence-corrected chi connectivity index (χ1v) is 10.7. The van der Waals surface area contributed by atoms with E-state index in [-0.39, 0.29) is 11.3 Å². The lowest BCUT2D eigenvalue weighted by atomic mass is 10.0. The number of imide groups is 1. The smallest absolute Gasteiger partial charge is 0.282 e. The second-order valence-electron chi connectivity index (χ2n) is 7.74. The number of aryl methyl sites for hydroxylation is 2. The van der Waals surface area contributed by atoms with Crippen LogP contribution in [-0.2, 0) is 9.59 Å². The number of amides is 2. The summed E-state index contributed by atoms with van der Waals surface area (Å²) in [7, 11) is 3.08. The molecule has 7 heteroatoms. The molecule has 1 aliphatic rings. The summed E-state index contributed by atoms with van der Waals surface area (Å²) in [6.07, 6.45) is 0. The molecular formula is C26H23ClN2O4. The van der Waals surface area contributed by atoms with Gasteiger partial charge in [-0.3, -0.25) is 9.59 Å². The van der Waals surface area contributed by atoms with Crippen molar-refractivity contribution in [2.24, 2.45) is 0 Å². The number of benzene rings is 3. The molecule has 0 radical (unpaired) electrons. The first-order valence-electron chi connectivity index (χ1n) is 10.3. The van der Waals surface area contributed by atoms with E-state index in [0.717, 1.165) is 11.1 Å². The number of hydrogen-bond donors (Lipinski definition) is 1. The van der Waals surface area contributed by atoms with Gasteiger partial charge in [-0.1, -0.05) is 29.8 Å². The van der Waals surface area contributed by atoms with Crippen LogP contribution in [0, 0.1) is 13.8 Å². The second kappa shape index (κ2) is 9.00. The van der Waals surface area contributed by atoms with Crippen molar-refractivity contribution in [1.82, 2.24) is 0 Å². The van der Waals surface area contributed by atoms with Gasteiger partial charge in [0.2, 0.25) is 0 Å². The van der Waals surface area contributed by atoms with Crippen molar-refractivity contribution in [3.63, 3.8) is 0 Å². The van der Waals surface area contributed by atoms with Crippen LogP contribution < -0.4 is 19.7 Å². The molecule has 2 amide bonds. The van der Waals surface area contributed by atoms with E-state index in [0.29, 0.717) is 33.5 Å². The maximum Gasteiger partial charge on any atom is 0.282 e. The number of anilines is 2. The molecule has 0 aromatic heterocycles. The number of nitrogens with zero attached hydrogens (tertiary/aromatic N) is 1. The number of carbonyl (C=O) groups excluding carboxylic acids is 2. The quantitative estimate of drug-likeness (QED) is 0.499. The van der Waals surface area contributed by atoms with Crippen molar-refractivity contribution < 1.29 is 19.1 Å². The molecule has 0 atom stereocenters. The van der Waals surface area contributed by atoms with Gasteiger partial charge in [-0.25, -0.2) is 4.90 Å². The third-order valence-electron chi connectivity index (χ3n) is 5.33. The van der Waals surface area contributed by atoms with Gasteiger partial charge in [0.25, 0.3) is 11.8 Å². The number of nitrogens with one attached hydrogen (secondary N) is 1. The minimum absolute atomic E-state index is 0.175. The molecule has 1 N–H and O–H groups in total. The molecule has 3 aromatic rings. The summed E-state index contributed by atoms with van der Waals surface area (Å²) in [5.41, 5.74) is 4.06. The predicted octanol–water partition coefficient (Wildman–Crippen LogP) is 5.37. The van der Waals surface area contributed by atoms with E-state index in [4.69, 9.17) is 21.1 Å². The fraction of sp³-hybridized carbons (Fsp3) is 0.154. The van der Waals surface area contributed by atoms with E-state index < -0.39 is 11.8 Å². The molecular weight excluding hydrogens is 440 g/mol. The fourth-order valence-corrected chi connectivity index (χ4v) is 4.03. The van der Waals surface area contributed by atoms with Crippen molar-refractivity contribution in [3.8, 4) is 11.5 Å². The van der Waals surface area contributed by atoms with Gasteiger partial charge in [0.15, 0.2) is 11.5 Å². The number of rotatable bonds is 6. The molecule has 0 fully saturated rings. The summed E-state index contributed by atoms with van der Waals surface area (Å²) >= 11 is 6.05. The zero-order chi connectivity index (χ0) is 23.7. The maximum atomic E-state index is 13.6. The molecule has 3 aromatic carbocycles. The Morgan fingerprint density at radius 3 is 2.03 bits per heavy atom. The summed E-state index contributed by atoms with van der Waals surface area (Å²) in [4.78, 5) is 28.4. The Labute approximate surface area is 197 Å². The van der Waals surface area contributed by atoms with Crippen molar-refractivity contribution in [2.75, 3.05) is 24.4 Å². The topological polar surface area (TPSA) is 67.9 Å². The zero-order valence-corrected chi connectivity index (χ0v) is 19.5. The molecule has 0 saturated carbocycles. The van der Waals surface area contributed by atoms with Gasteiger partial charge in [0.05, 0.1) is 25.5 Å². The van der Waals surface area contributed by atoms with Gasteiger partial charge in [0, 0.05) is 16.8 Å². The van der Waals surface area contributed by atoms with Crippen LogP contribution in [0.2, 0.25) is 5.02 Å². The average molecular weight is 463 g/mol. The second-order valence-corrected chi connectivity index (χ2v) is 8.18. The van der Waals surface area contributed by atoms with E-state index in [9.17, 15) is 9.59 Å². The molecule has 0 spiro atoms. The number of halogens is 1. The lowest BCUT2D eigenvalue weighted by Gasteiger charge is -2.17. The molecule has 0 aliphatic carbocycles. The highest BCUT2D eigenvalue weighted by molar-refractivity contribution is 6.46. The molecule has 6 nitrogen and oxygen atoms in total.